The van der Waals surface area contributed by atoms with Gasteiger partial charge in [0.2, 0.25) is 5.95 Å². The largest absolute Gasteiger partial charge is 0.457 e. The highest BCUT2D eigenvalue weighted by molar-refractivity contribution is 5.67. The standard InChI is InChI=1S/C22H16F3N5O/c23-22(24,25)19-12-17(9-10-27-19)31-16-8-4-7-15(11-16)28-20-13-18(29-21(26)30-20)14-5-2-1-3-6-14/h1-13H,(H3,26,28,29,30). The first-order chi connectivity index (χ1) is 14.9. The number of rotatable bonds is 5. The van der Waals surface area contributed by atoms with E-state index in [4.69, 9.17) is 10.5 Å². The number of pyridine rings is 1. The van der Waals surface area contributed by atoms with Crippen LogP contribution in [0.25, 0.3) is 11.3 Å². The van der Waals surface area contributed by atoms with Crippen LogP contribution in [-0.2, 0) is 6.18 Å². The van der Waals surface area contributed by atoms with Crippen molar-refractivity contribution in [2.75, 3.05) is 11.1 Å². The number of hydrogen-bond donors (Lipinski definition) is 2. The number of aromatic nitrogens is 3. The van der Waals surface area contributed by atoms with Crippen LogP contribution in [0.1, 0.15) is 5.69 Å². The first kappa shape index (κ1) is 20.1. The number of benzene rings is 2. The lowest BCUT2D eigenvalue weighted by atomic mass is 10.1. The van der Waals surface area contributed by atoms with Crippen LogP contribution in [-0.4, -0.2) is 15.0 Å². The van der Waals surface area contributed by atoms with Gasteiger partial charge in [-0.25, -0.2) is 4.98 Å². The van der Waals surface area contributed by atoms with Crippen molar-refractivity contribution in [3.63, 3.8) is 0 Å². The Kier molecular flexibility index (Phi) is 5.40. The van der Waals surface area contributed by atoms with E-state index in [2.05, 4.69) is 20.3 Å². The Hall–Kier alpha value is -4.14. The van der Waals surface area contributed by atoms with Crippen molar-refractivity contribution in [1.82, 2.24) is 15.0 Å². The third kappa shape index (κ3) is 5.08. The fourth-order valence-electron chi connectivity index (χ4n) is 2.84. The van der Waals surface area contributed by atoms with Gasteiger partial charge in [-0.15, -0.1) is 0 Å². The zero-order chi connectivity index (χ0) is 21.8. The Morgan fingerprint density at radius 2 is 1.61 bits per heavy atom. The van der Waals surface area contributed by atoms with Crippen molar-refractivity contribution in [2.24, 2.45) is 0 Å². The van der Waals surface area contributed by atoms with Crippen LogP contribution in [0.5, 0.6) is 11.5 Å². The second-order valence-corrected chi connectivity index (χ2v) is 6.49. The van der Waals surface area contributed by atoms with Gasteiger partial charge >= 0.3 is 6.18 Å². The summed E-state index contributed by atoms with van der Waals surface area (Å²) in [6.07, 6.45) is -3.50. The Balaban J connectivity index is 1.55. The maximum absolute atomic E-state index is 12.9. The summed E-state index contributed by atoms with van der Waals surface area (Å²) < 4.78 is 44.1. The van der Waals surface area contributed by atoms with Crippen LogP contribution in [0.3, 0.4) is 0 Å². The van der Waals surface area contributed by atoms with E-state index in [1.165, 1.54) is 6.07 Å². The molecule has 0 radical (unpaired) electrons. The average Bonchev–Trinajstić information content (AvgIpc) is 2.74. The number of nitrogen functional groups attached to an aromatic ring is 1. The molecule has 2 aromatic carbocycles. The molecule has 0 spiro atoms. The van der Waals surface area contributed by atoms with Gasteiger partial charge in [0.25, 0.3) is 0 Å². The second kappa shape index (κ2) is 8.31. The molecule has 156 valence electrons. The molecule has 2 aromatic heterocycles. The second-order valence-electron chi connectivity index (χ2n) is 6.49. The van der Waals surface area contributed by atoms with Crippen LogP contribution >= 0.6 is 0 Å². The summed E-state index contributed by atoms with van der Waals surface area (Å²) in [6.45, 7) is 0. The van der Waals surface area contributed by atoms with E-state index in [-0.39, 0.29) is 11.7 Å². The number of hydrogen-bond acceptors (Lipinski definition) is 6. The predicted octanol–water partition coefficient (Wildman–Crippen LogP) is 5.68. The van der Waals surface area contributed by atoms with E-state index in [1.54, 1.807) is 30.3 Å². The quantitative estimate of drug-likeness (QED) is 0.430. The number of nitrogens with two attached hydrogens (primary N) is 1. The molecule has 0 saturated heterocycles. The summed E-state index contributed by atoms with van der Waals surface area (Å²) in [5.74, 6) is 0.936. The summed E-state index contributed by atoms with van der Waals surface area (Å²) >= 11 is 0. The zero-order valence-electron chi connectivity index (χ0n) is 16.0. The van der Waals surface area contributed by atoms with Crippen LogP contribution in [0.4, 0.5) is 30.6 Å². The summed E-state index contributed by atoms with van der Waals surface area (Å²) in [7, 11) is 0. The molecular weight excluding hydrogens is 407 g/mol. The summed E-state index contributed by atoms with van der Waals surface area (Å²) in [5, 5.41) is 3.11. The molecule has 0 atom stereocenters. The molecule has 0 fully saturated rings. The number of nitrogens with zero attached hydrogens (tertiary/aromatic N) is 3. The number of alkyl halides is 3. The molecule has 9 heteroatoms. The van der Waals surface area contributed by atoms with Gasteiger partial charge in [-0.1, -0.05) is 36.4 Å². The molecule has 6 nitrogen and oxygen atoms in total. The molecule has 0 aliphatic carbocycles. The van der Waals surface area contributed by atoms with Gasteiger partial charge in [0.05, 0.1) is 5.69 Å². The highest BCUT2D eigenvalue weighted by atomic mass is 19.4. The fourth-order valence-corrected chi connectivity index (χ4v) is 2.84. The Labute approximate surface area is 175 Å². The number of anilines is 3. The molecule has 0 saturated carbocycles. The van der Waals surface area contributed by atoms with Crippen LogP contribution in [0, 0.1) is 0 Å². The summed E-state index contributed by atoms with van der Waals surface area (Å²) in [4.78, 5) is 11.8. The molecule has 0 amide bonds. The molecule has 0 aliphatic rings. The molecular formula is C22H16F3N5O. The SMILES string of the molecule is Nc1nc(Nc2cccc(Oc3ccnc(C(F)(F)F)c3)c2)cc(-c2ccccc2)n1. The first-order valence-electron chi connectivity index (χ1n) is 9.15. The van der Waals surface area contributed by atoms with Gasteiger partial charge < -0.3 is 15.8 Å². The van der Waals surface area contributed by atoms with Crippen molar-refractivity contribution >= 4 is 17.5 Å². The number of ether oxygens (including phenoxy) is 1. The van der Waals surface area contributed by atoms with E-state index in [9.17, 15) is 13.2 Å². The van der Waals surface area contributed by atoms with Gasteiger partial charge in [0.15, 0.2) is 0 Å². The van der Waals surface area contributed by atoms with Gasteiger partial charge in [-0.2, -0.15) is 18.2 Å². The molecule has 3 N–H and O–H groups in total. The minimum atomic E-state index is -4.55. The smallest absolute Gasteiger partial charge is 0.433 e. The van der Waals surface area contributed by atoms with Crippen molar-refractivity contribution in [1.29, 1.82) is 0 Å². The lowest BCUT2D eigenvalue weighted by Gasteiger charge is -2.12. The third-order valence-electron chi connectivity index (χ3n) is 4.18. The molecule has 0 bridgehead atoms. The van der Waals surface area contributed by atoms with Gasteiger partial charge in [-0.3, -0.25) is 4.98 Å². The van der Waals surface area contributed by atoms with Crippen molar-refractivity contribution in [2.45, 2.75) is 6.18 Å². The molecule has 0 aliphatic heterocycles. The average molecular weight is 423 g/mol. The van der Waals surface area contributed by atoms with Gasteiger partial charge in [0.1, 0.15) is 23.0 Å². The lowest BCUT2D eigenvalue weighted by Crippen LogP contribution is -2.07. The maximum atomic E-state index is 12.9. The topological polar surface area (TPSA) is 86.0 Å². The van der Waals surface area contributed by atoms with Crippen LogP contribution < -0.4 is 15.8 Å². The van der Waals surface area contributed by atoms with E-state index in [1.807, 2.05) is 30.3 Å². The highest BCUT2D eigenvalue weighted by Gasteiger charge is 2.32. The fraction of sp³-hybridized carbons (Fsp3) is 0.0455. The minimum Gasteiger partial charge on any atom is -0.457 e. The normalized spacial score (nSPS) is 11.2. The zero-order valence-corrected chi connectivity index (χ0v) is 16.0. The molecule has 2 heterocycles. The van der Waals surface area contributed by atoms with Gasteiger partial charge in [-0.05, 0) is 18.2 Å². The monoisotopic (exact) mass is 423 g/mol. The van der Waals surface area contributed by atoms with Crippen LogP contribution in [0.15, 0.2) is 79.0 Å². The third-order valence-corrected chi connectivity index (χ3v) is 4.18. The van der Waals surface area contributed by atoms with Crippen molar-refractivity contribution in [3.8, 4) is 22.8 Å². The van der Waals surface area contributed by atoms with E-state index in [0.29, 0.717) is 22.9 Å². The van der Waals surface area contributed by atoms with Crippen molar-refractivity contribution in [3.05, 3.63) is 84.7 Å². The Morgan fingerprint density at radius 3 is 2.39 bits per heavy atom. The first-order valence-corrected chi connectivity index (χ1v) is 9.15. The molecule has 0 unspecified atom stereocenters. The molecule has 31 heavy (non-hydrogen) atoms. The Bertz CT molecular complexity index is 1200. The highest BCUT2D eigenvalue weighted by Crippen LogP contribution is 2.32. The van der Waals surface area contributed by atoms with Crippen molar-refractivity contribution < 1.29 is 17.9 Å². The Morgan fingerprint density at radius 1 is 0.839 bits per heavy atom. The van der Waals surface area contributed by atoms with E-state index in [0.717, 1.165) is 17.8 Å². The van der Waals surface area contributed by atoms with E-state index < -0.39 is 11.9 Å². The predicted molar refractivity (Wildman–Crippen MR) is 111 cm³/mol. The molecule has 4 aromatic rings. The lowest BCUT2D eigenvalue weighted by molar-refractivity contribution is -0.141. The summed E-state index contributed by atoms with van der Waals surface area (Å²) in [6, 6.07) is 20.2. The summed E-state index contributed by atoms with van der Waals surface area (Å²) in [5.41, 5.74) is 6.97. The number of halogens is 3. The minimum absolute atomic E-state index is 0.0251. The molecule has 4 rings (SSSR count). The maximum Gasteiger partial charge on any atom is 0.433 e. The van der Waals surface area contributed by atoms with Gasteiger partial charge in [0, 0.05) is 35.6 Å². The van der Waals surface area contributed by atoms with E-state index >= 15 is 0 Å². The van der Waals surface area contributed by atoms with Crippen LogP contribution in [0.2, 0.25) is 0 Å². The number of nitrogens with one attached hydrogen (secondary N) is 1.